The fraction of sp³-hybridized carbons (Fsp3) is 0.320. The molecule has 1 saturated heterocycles. The van der Waals surface area contributed by atoms with E-state index in [1.54, 1.807) is 31.5 Å². The molecule has 3 aromatic rings. The molecule has 1 unspecified atom stereocenters. The zero-order valence-corrected chi connectivity index (χ0v) is 17.6. The molecule has 0 saturated carbocycles. The number of nitrogens with two attached hydrogens (primary N) is 1. The molecule has 1 aliphatic heterocycles. The highest BCUT2D eigenvalue weighted by Gasteiger charge is 2.40. The van der Waals surface area contributed by atoms with Crippen molar-refractivity contribution in [2.45, 2.75) is 37.5 Å². The van der Waals surface area contributed by atoms with Crippen molar-refractivity contribution in [2.24, 2.45) is 5.73 Å². The predicted octanol–water partition coefficient (Wildman–Crippen LogP) is 4.23. The lowest BCUT2D eigenvalue weighted by Crippen LogP contribution is -2.56. The Morgan fingerprint density at radius 2 is 1.65 bits per heavy atom. The van der Waals surface area contributed by atoms with E-state index in [2.05, 4.69) is 17.1 Å². The van der Waals surface area contributed by atoms with E-state index in [9.17, 15) is 13.9 Å². The van der Waals surface area contributed by atoms with Crippen molar-refractivity contribution in [3.05, 3.63) is 89.8 Å². The molecular formula is C25H27F2N3O. The van der Waals surface area contributed by atoms with Gasteiger partial charge in [0.2, 0.25) is 0 Å². The van der Waals surface area contributed by atoms with Crippen LogP contribution in [0.25, 0.3) is 11.1 Å². The third-order valence-corrected chi connectivity index (χ3v) is 6.34. The second kappa shape index (κ2) is 8.46. The molecular weight excluding hydrogens is 396 g/mol. The highest BCUT2D eigenvalue weighted by atomic mass is 19.2. The highest BCUT2D eigenvalue weighted by molar-refractivity contribution is 5.68. The first-order chi connectivity index (χ1) is 14.8. The number of pyridine rings is 1. The number of halogens is 2. The summed E-state index contributed by atoms with van der Waals surface area (Å²) in [6.45, 7) is 2.72. The van der Waals surface area contributed by atoms with Gasteiger partial charge < -0.3 is 10.8 Å². The van der Waals surface area contributed by atoms with Gasteiger partial charge in [0.15, 0.2) is 11.6 Å². The monoisotopic (exact) mass is 423 g/mol. The molecule has 2 heterocycles. The molecule has 4 nitrogen and oxygen atoms in total. The number of rotatable bonds is 5. The molecule has 0 amide bonds. The van der Waals surface area contributed by atoms with Gasteiger partial charge in [0.25, 0.3) is 0 Å². The molecule has 4 rings (SSSR count). The van der Waals surface area contributed by atoms with Crippen LogP contribution in [0.4, 0.5) is 8.78 Å². The van der Waals surface area contributed by atoms with E-state index >= 15 is 0 Å². The van der Waals surface area contributed by atoms with E-state index in [1.165, 1.54) is 5.56 Å². The van der Waals surface area contributed by atoms with Crippen LogP contribution in [0.5, 0.6) is 0 Å². The molecule has 1 aromatic heterocycles. The highest BCUT2D eigenvalue weighted by Crippen LogP contribution is 2.38. The molecule has 1 aliphatic rings. The SMILES string of the molecule is CC(O)(c1cc(F)c(F)cc1-c1ccncc1)N1CCC(N)(Cc2ccccc2)CC1. The van der Waals surface area contributed by atoms with E-state index in [1.807, 2.05) is 23.1 Å². The lowest BCUT2D eigenvalue weighted by molar-refractivity contribution is -0.115. The van der Waals surface area contributed by atoms with Crippen LogP contribution < -0.4 is 5.73 Å². The lowest BCUT2D eigenvalue weighted by atomic mass is 9.81. The van der Waals surface area contributed by atoms with Gasteiger partial charge >= 0.3 is 0 Å². The third-order valence-electron chi connectivity index (χ3n) is 6.34. The quantitative estimate of drug-likeness (QED) is 0.645. The molecule has 0 aliphatic carbocycles. The van der Waals surface area contributed by atoms with Crippen LogP contribution >= 0.6 is 0 Å². The Bertz CT molecular complexity index is 1030. The molecule has 2 aromatic carbocycles. The minimum atomic E-state index is -1.48. The van der Waals surface area contributed by atoms with E-state index in [4.69, 9.17) is 5.73 Å². The third kappa shape index (κ3) is 4.51. The summed E-state index contributed by atoms with van der Waals surface area (Å²) in [5, 5.41) is 11.5. The summed E-state index contributed by atoms with van der Waals surface area (Å²) < 4.78 is 28.3. The number of aliphatic hydroxyl groups is 1. The van der Waals surface area contributed by atoms with E-state index in [0.29, 0.717) is 42.6 Å². The van der Waals surface area contributed by atoms with Crippen LogP contribution in [0.15, 0.2) is 67.0 Å². The van der Waals surface area contributed by atoms with Crippen LogP contribution in [-0.2, 0) is 12.1 Å². The summed E-state index contributed by atoms with van der Waals surface area (Å²) in [5.41, 5.74) is 7.45. The van der Waals surface area contributed by atoms with E-state index in [0.717, 1.165) is 18.6 Å². The fourth-order valence-corrected chi connectivity index (χ4v) is 4.45. The van der Waals surface area contributed by atoms with Crippen molar-refractivity contribution >= 4 is 0 Å². The van der Waals surface area contributed by atoms with Gasteiger partial charge in [-0.25, -0.2) is 8.78 Å². The van der Waals surface area contributed by atoms with Crippen LogP contribution in [0.2, 0.25) is 0 Å². The standard InChI is InChI=1S/C25H27F2N3O/c1-24(31,21-16-23(27)22(26)15-20(21)19-7-11-29-12-8-19)30-13-9-25(28,10-14-30)17-18-5-3-2-4-6-18/h2-8,11-12,15-16,31H,9-10,13-14,17,28H2,1H3. The molecule has 1 fully saturated rings. The summed E-state index contributed by atoms with van der Waals surface area (Å²) in [5.74, 6) is -1.93. The number of benzene rings is 2. The molecule has 31 heavy (non-hydrogen) atoms. The molecule has 0 bridgehead atoms. The van der Waals surface area contributed by atoms with Crippen molar-refractivity contribution in [3.63, 3.8) is 0 Å². The van der Waals surface area contributed by atoms with Crippen LogP contribution in [-0.4, -0.2) is 33.6 Å². The van der Waals surface area contributed by atoms with Crippen molar-refractivity contribution in [3.8, 4) is 11.1 Å². The van der Waals surface area contributed by atoms with Gasteiger partial charge in [-0.3, -0.25) is 9.88 Å². The maximum atomic E-state index is 14.2. The Labute approximate surface area is 181 Å². The lowest BCUT2D eigenvalue weighted by Gasteiger charge is -2.46. The number of likely N-dealkylation sites (tertiary alicyclic amines) is 1. The molecule has 0 radical (unpaired) electrons. The van der Waals surface area contributed by atoms with Crippen molar-refractivity contribution in [1.82, 2.24) is 9.88 Å². The Balaban J connectivity index is 1.59. The first kappa shape index (κ1) is 21.6. The van der Waals surface area contributed by atoms with E-state index < -0.39 is 17.4 Å². The average Bonchev–Trinajstić information content (AvgIpc) is 2.76. The van der Waals surface area contributed by atoms with E-state index in [-0.39, 0.29) is 5.54 Å². The van der Waals surface area contributed by atoms with Crippen molar-refractivity contribution in [2.75, 3.05) is 13.1 Å². The molecule has 1 atom stereocenters. The largest absolute Gasteiger partial charge is 0.372 e. The van der Waals surface area contributed by atoms with Gasteiger partial charge in [-0.05, 0) is 67.1 Å². The number of piperidine rings is 1. The summed E-state index contributed by atoms with van der Waals surface area (Å²) in [6, 6.07) is 15.8. The van der Waals surface area contributed by atoms with Crippen LogP contribution in [0.3, 0.4) is 0 Å². The topological polar surface area (TPSA) is 62.4 Å². The van der Waals surface area contributed by atoms with Gasteiger partial charge in [-0.15, -0.1) is 0 Å². The first-order valence-electron chi connectivity index (χ1n) is 10.5. The Kier molecular flexibility index (Phi) is 5.88. The van der Waals surface area contributed by atoms with Crippen LogP contribution in [0.1, 0.15) is 30.9 Å². The zero-order chi connectivity index (χ0) is 22.1. The maximum absolute atomic E-state index is 14.2. The van der Waals surface area contributed by atoms with Gasteiger partial charge in [0, 0.05) is 36.6 Å². The van der Waals surface area contributed by atoms with Gasteiger partial charge in [0.1, 0.15) is 5.72 Å². The summed E-state index contributed by atoms with van der Waals surface area (Å²) >= 11 is 0. The van der Waals surface area contributed by atoms with Crippen molar-refractivity contribution in [1.29, 1.82) is 0 Å². The molecule has 6 heteroatoms. The average molecular weight is 424 g/mol. The van der Waals surface area contributed by atoms with Crippen molar-refractivity contribution < 1.29 is 13.9 Å². The number of hydrogen-bond acceptors (Lipinski definition) is 4. The Morgan fingerprint density at radius 3 is 2.29 bits per heavy atom. The summed E-state index contributed by atoms with van der Waals surface area (Å²) in [6.07, 6.45) is 5.31. The smallest absolute Gasteiger partial charge is 0.159 e. The Hall–Kier alpha value is -2.67. The zero-order valence-electron chi connectivity index (χ0n) is 17.6. The summed E-state index contributed by atoms with van der Waals surface area (Å²) in [7, 11) is 0. The minimum absolute atomic E-state index is 0.324. The number of nitrogens with zero attached hydrogens (tertiary/aromatic N) is 2. The second-order valence-electron chi connectivity index (χ2n) is 8.58. The van der Waals surface area contributed by atoms with Gasteiger partial charge in [-0.2, -0.15) is 0 Å². The predicted molar refractivity (Wildman–Crippen MR) is 117 cm³/mol. The molecule has 162 valence electrons. The van der Waals surface area contributed by atoms with Gasteiger partial charge in [-0.1, -0.05) is 30.3 Å². The molecule has 0 spiro atoms. The fourth-order valence-electron chi connectivity index (χ4n) is 4.45. The molecule has 3 N–H and O–H groups in total. The van der Waals surface area contributed by atoms with Crippen LogP contribution in [0, 0.1) is 11.6 Å². The second-order valence-corrected chi connectivity index (χ2v) is 8.58. The van der Waals surface area contributed by atoms with Gasteiger partial charge in [0.05, 0.1) is 0 Å². The maximum Gasteiger partial charge on any atom is 0.159 e. The number of aromatic nitrogens is 1. The normalized spacial score (nSPS) is 18.5. The summed E-state index contributed by atoms with van der Waals surface area (Å²) in [4.78, 5) is 5.88. The number of hydrogen-bond donors (Lipinski definition) is 2. The minimum Gasteiger partial charge on any atom is -0.372 e. The first-order valence-corrected chi connectivity index (χ1v) is 10.5. The Morgan fingerprint density at radius 1 is 1.03 bits per heavy atom.